The Labute approximate surface area is 180 Å². The fourth-order valence-electron chi connectivity index (χ4n) is 3.58. The molecule has 2 heterocycles. The highest BCUT2D eigenvalue weighted by atomic mass is 19.1. The third-order valence-electron chi connectivity index (χ3n) is 5.45. The number of ether oxygens (including phenoxy) is 1. The zero-order valence-corrected chi connectivity index (χ0v) is 17.6. The summed E-state index contributed by atoms with van der Waals surface area (Å²) in [4.78, 5) is 19.0. The molecule has 0 radical (unpaired) electrons. The maximum Gasteiger partial charge on any atom is 0.322 e. The number of amides is 2. The molecule has 0 saturated carbocycles. The summed E-state index contributed by atoms with van der Waals surface area (Å²) in [6.45, 7) is 5.03. The van der Waals surface area contributed by atoms with Gasteiger partial charge in [-0.3, -0.25) is 0 Å². The molecule has 0 bridgehead atoms. The molecule has 3 aromatic rings. The lowest BCUT2D eigenvalue weighted by Crippen LogP contribution is -2.34. The Morgan fingerprint density at radius 3 is 2.81 bits per heavy atom. The second kappa shape index (κ2) is 9.16. The fraction of sp³-hybridized carbons (Fsp3) is 0.348. The number of benzene rings is 2. The van der Waals surface area contributed by atoms with Gasteiger partial charge in [0.2, 0.25) is 5.89 Å². The van der Waals surface area contributed by atoms with Crippen molar-refractivity contribution < 1.29 is 18.4 Å². The number of carbonyl (C=O) groups is 1. The van der Waals surface area contributed by atoms with E-state index < -0.39 is 0 Å². The first-order valence-electron chi connectivity index (χ1n) is 10.4. The first kappa shape index (κ1) is 20.8. The van der Waals surface area contributed by atoms with Crippen molar-refractivity contribution >= 4 is 11.7 Å². The van der Waals surface area contributed by atoms with Crippen molar-refractivity contribution in [3.63, 3.8) is 0 Å². The first-order chi connectivity index (χ1) is 15.0. The Morgan fingerprint density at radius 1 is 1.23 bits per heavy atom. The average molecular weight is 424 g/mol. The van der Waals surface area contributed by atoms with E-state index in [1.807, 2.05) is 32.0 Å². The lowest BCUT2D eigenvalue weighted by molar-refractivity contribution is 0.193. The van der Waals surface area contributed by atoms with Gasteiger partial charge in [0.15, 0.2) is 5.82 Å². The number of likely N-dealkylation sites (tertiary alicyclic amines) is 1. The van der Waals surface area contributed by atoms with Crippen LogP contribution in [-0.4, -0.2) is 34.2 Å². The molecule has 1 aliphatic heterocycles. The average Bonchev–Trinajstić information content (AvgIpc) is 3.41. The number of aryl methyl sites for hydroxylation is 2. The summed E-state index contributed by atoms with van der Waals surface area (Å²) in [5, 5.41) is 6.99. The summed E-state index contributed by atoms with van der Waals surface area (Å²) >= 11 is 0. The van der Waals surface area contributed by atoms with Gasteiger partial charge in [-0.2, -0.15) is 4.98 Å². The molecule has 1 aliphatic rings. The summed E-state index contributed by atoms with van der Waals surface area (Å²) in [5.41, 5.74) is 3.07. The molecule has 0 aliphatic carbocycles. The number of nitrogens with one attached hydrogen (secondary N) is 1. The Kier molecular flexibility index (Phi) is 6.16. The third kappa shape index (κ3) is 5.02. The number of carbonyl (C=O) groups excluding carboxylic acids is 1. The maximum atomic E-state index is 12.9. The quantitative estimate of drug-likeness (QED) is 0.614. The van der Waals surface area contributed by atoms with Crippen LogP contribution in [0.25, 0.3) is 0 Å². The molecule has 162 valence electrons. The minimum Gasteiger partial charge on any atom is -0.493 e. The van der Waals surface area contributed by atoms with Gasteiger partial charge in [0.1, 0.15) is 17.6 Å². The number of anilines is 1. The van der Waals surface area contributed by atoms with Crippen molar-refractivity contribution in [2.45, 2.75) is 39.2 Å². The maximum absolute atomic E-state index is 12.9. The van der Waals surface area contributed by atoms with Gasteiger partial charge in [-0.1, -0.05) is 11.2 Å². The van der Waals surface area contributed by atoms with Crippen LogP contribution in [0.4, 0.5) is 14.9 Å². The Bertz CT molecular complexity index is 1050. The number of hydrogen-bond acceptors (Lipinski definition) is 5. The summed E-state index contributed by atoms with van der Waals surface area (Å²) in [6.07, 6.45) is 2.09. The van der Waals surface area contributed by atoms with Crippen LogP contribution in [0.3, 0.4) is 0 Å². The molecule has 8 heteroatoms. The molecular formula is C23H25FN4O3. The van der Waals surface area contributed by atoms with E-state index in [9.17, 15) is 9.18 Å². The minimum absolute atomic E-state index is 0.176. The summed E-state index contributed by atoms with van der Waals surface area (Å²) < 4.78 is 24.0. The highest BCUT2D eigenvalue weighted by molar-refractivity contribution is 5.89. The fourth-order valence-corrected chi connectivity index (χ4v) is 3.58. The predicted molar refractivity (Wildman–Crippen MR) is 114 cm³/mol. The van der Waals surface area contributed by atoms with Gasteiger partial charge in [-0.25, -0.2) is 9.18 Å². The van der Waals surface area contributed by atoms with Gasteiger partial charge >= 0.3 is 6.03 Å². The molecule has 1 atom stereocenters. The monoisotopic (exact) mass is 424 g/mol. The van der Waals surface area contributed by atoms with Crippen molar-refractivity contribution in [3.05, 3.63) is 71.1 Å². The lowest BCUT2D eigenvalue weighted by Gasteiger charge is -2.22. The molecule has 2 amide bonds. The van der Waals surface area contributed by atoms with E-state index in [0.29, 0.717) is 37.0 Å². The van der Waals surface area contributed by atoms with Crippen LogP contribution in [0.15, 0.2) is 47.0 Å². The van der Waals surface area contributed by atoms with Crippen LogP contribution < -0.4 is 10.1 Å². The van der Waals surface area contributed by atoms with Crippen molar-refractivity contribution in [3.8, 4) is 5.75 Å². The molecule has 2 aromatic carbocycles. The number of rotatable bonds is 6. The normalized spacial score (nSPS) is 15.8. The van der Waals surface area contributed by atoms with Gasteiger partial charge in [0.05, 0.1) is 6.61 Å². The van der Waals surface area contributed by atoms with E-state index in [4.69, 9.17) is 9.26 Å². The second-order valence-corrected chi connectivity index (χ2v) is 7.68. The van der Waals surface area contributed by atoms with E-state index in [2.05, 4.69) is 15.5 Å². The number of hydrogen-bond donors (Lipinski definition) is 1. The van der Waals surface area contributed by atoms with Gasteiger partial charge in [0.25, 0.3) is 0 Å². The largest absolute Gasteiger partial charge is 0.493 e. The molecule has 1 saturated heterocycles. The van der Waals surface area contributed by atoms with Crippen LogP contribution in [0, 0.1) is 19.7 Å². The topological polar surface area (TPSA) is 80.5 Å². The van der Waals surface area contributed by atoms with Crippen molar-refractivity contribution in [2.75, 3.05) is 18.5 Å². The SMILES string of the molecule is Cc1ccc(NC(=O)N2CCCC2c2nc(CCOc3ccc(F)cc3)no2)cc1C. The van der Waals surface area contributed by atoms with Crippen LogP contribution in [0.5, 0.6) is 5.75 Å². The first-order valence-corrected chi connectivity index (χ1v) is 10.4. The smallest absolute Gasteiger partial charge is 0.322 e. The Balaban J connectivity index is 1.35. The zero-order chi connectivity index (χ0) is 21.8. The third-order valence-corrected chi connectivity index (χ3v) is 5.45. The van der Waals surface area contributed by atoms with Gasteiger partial charge in [0, 0.05) is 18.7 Å². The molecule has 4 rings (SSSR count). The summed E-state index contributed by atoms with van der Waals surface area (Å²) in [6, 6.07) is 11.3. The van der Waals surface area contributed by atoms with E-state index in [1.165, 1.54) is 17.7 Å². The van der Waals surface area contributed by atoms with Gasteiger partial charge in [-0.15, -0.1) is 0 Å². The van der Waals surface area contributed by atoms with Gasteiger partial charge < -0.3 is 19.5 Å². The van der Waals surface area contributed by atoms with E-state index in [0.717, 1.165) is 24.1 Å². The lowest BCUT2D eigenvalue weighted by atomic mass is 10.1. The van der Waals surface area contributed by atoms with Crippen molar-refractivity contribution in [1.29, 1.82) is 0 Å². The predicted octanol–water partition coefficient (Wildman–Crippen LogP) is 4.82. The number of halogens is 1. The molecule has 1 fully saturated rings. The van der Waals surface area contributed by atoms with Gasteiger partial charge in [-0.05, 0) is 74.2 Å². The molecular weight excluding hydrogens is 399 g/mol. The Morgan fingerprint density at radius 2 is 2.03 bits per heavy atom. The van der Waals surface area contributed by atoms with E-state index >= 15 is 0 Å². The van der Waals surface area contributed by atoms with Crippen LogP contribution in [0.2, 0.25) is 0 Å². The van der Waals surface area contributed by atoms with Crippen LogP contribution in [-0.2, 0) is 6.42 Å². The molecule has 7 nitrogen and oxygen atoms in total. The van der Waals surface area contributed by atoms with Crippen molar-refractivity contribution in [1.82, 2.24) is 15.0 Å². The van der Waals surface area contributed by atoms with Crippen LogP contribution >= 0.6 is 0 Å². The zero-order valence-electron chi connectivity index (χ0n) is 17.6. The second-order valence-electron chi connectivity index (χ2n) is 7.68. The molecule has 1 N–H and O–H groups in total. The molecule has 1 aromatic heterocycles. The minimum atomic E-state index is -0.308. The highest BCUT2D eigenvalue weighted by Gasteiger charge is 2.34. The number of nitrogens with zero attached hydrogens (tertiary/aromatic N) is 3. The molecule has 1 unspecified atom stereocenters. The van der Waals surface area contributed by atoms with Crippen LogP contribution in [0.1, 0.15) is 41.7 Å². The van der Waals surface area contributed by atoms with E-state index in [1.54, 1.807) is 17.0 Å². The standard InChI is InChI=1S/C23H25FN4O3/c1-15-5-8-18(14-16(15)2)25-23(29)28-12-3-4-20(28)22-26-21(27-31-22)11-13-30-19-9-6-17(24)7-10-19/h5-10,14,20H,3-4,11-13H2,1-2H3,(H,25,29). The van der Waals surface area contributed by atoms with Crippen molar-refractivity contribution in [2.24, 2.45) is 0 Å². The molecule has 31 heavy (non-hydrogen) atoms. The Hall–Kier alpha value is -3.42. The van der Waals surface area contributed by atoms with E-state index in [-0.39, 0.29) is 17.9 Å². The summed E-state index contributed by atoms with van der Waals surface area (Å²) in [7, 11) is 0. The number of urea groups is 1. The summed E-state index contributed by atoms with van der Waals surface area (Å²) in [5.74, 6) is 1.22. The number of aromatic nitrogens is 2. The highest BCUT2D eigenvalue weighted by Crippen LogP contribution is 2.31. The molecule has 0 spiro atoms.